The highest BCUT2D eigenvalue weighted by atomic mass is 16.5. The van der Waals surface area contributed by atoms with E-state index in [9.17, 15) is 4.79 Å². The van der Waals surface area contributed by atoms with Crippen molar-refractivity contribution in [3.63, 3.8) is 0 Å². The lowest BCUT2D eigenvalue weighted by atomic mass is 10.1. The van der Waals surface area contributed by atoms with Crippen molar-refractivity contribution in [2.24, 2.45) is 0 Å². The van der Waals surface area contributed by atoms with Crippen molar-refractivity contribution in [1.29, 1.82) is 0 Å². The molecule has 5 heteroatoms. The lowest BCUT2D eigenvalue weighted by Crippen LogP contribution is -2.25. The first-order chi connectivity index (χ1) is 12.8. The number of rotatable bonds is 8. The third-order valence-corrected chi connectivity index (χ3v) is 4.32. The molecule has 26 heavy (non-hydrogen) atoms. The first-order valence-electron chi connectivity index (χ1n) is 9.09. The summed E-state index contributed by atoms with van der Waals surface area (Å²) in [5, 5.41) is 9.88. The van der Waals surface area contributed by atoms with E-state index in [1.807, 2.05) is 42.5 Å². The number of hydrogen-bond acceptors (Lipinski definition) is 4. The molecule has 1 aromatic carbocycles. The van der Waals surface area contributed by atoms with Crippen LogP contribution in [0.25, 0.3) is 16.7 Å². The Kier molecular flexibility index (Phi) is 6.02. The van der Waals surface area contributed by atoms with Crippen LogP contribution in [0.4, 0.5) is 0 Å². The number of aliphatic hydroxyl groups is 1. The molecule has 0 saturated carbocycles. The molecule has 0 aliphatic carbocycles. The number of benzene rings is 1. The maximum atomic E-state index is 13.3. The largest absolute Gasteiger partial charge is 0.492 e. The van der Waals surface area contributed by atoms with E-state index in [2.05, 4.69) is 11.9 Å². The molecule has 0 radical (unpaired) electrons. The fourth-order valence-corrected chi connectivity index (χ4v) is 3.04. The Morgan fingerprint density at radius 1 is 1.12 bits per heavy atom. The third-order valence-electron chi connectivity index (χ3n) is 4.32. The van der Waals surface area contributed by atoms with Gasteiger partial charge in [0.25, 0.3) is 5.56 Å². The molecule has 2 heterocycles. The summed E-state index contributed by atoms with van der Waals surface area (Å²) in [5.74, 6) is 0.604. The maximum Gasteiger partial charge on any atom is 0.263 e. The molecule has 5 nitrogen and oxygen atoms in total. The van der Waals surface area contributed by atoms with Gasteiger partial charge in [-0.3, -0.25) is 9.36 Å². The Bertz CT molecular complexity index is 920. The Labute approximate surface area is 152 Å². The topological polar surface area (TPSA) is 64.3 Å². The average molecular weight is 352 g/mol. The Balaban J connectivity index is 2.26. The molecule has 3 aromatic rings. The van der Waals surface area contributed by atoms with Crippen LogP contribution in [0.1, 0.15) is 31.7 Å². The van der Waals surface area contributed by atoms with Crippen molar-refractivity contribution in [2.75, 3.05) is 13.2 Å². The van der Waals surface area contributed by atoms with Gasteiger partial charge < -0.3 is 9.84 Å². The van der Waals surface area contributed by atoms with Gasteiger partial charge in [0.1, 0.15) is 5.75 Å². The van der Waals surface area contributed by atoms with Crippen LogP contribution >= 0.6 is 0 Å². The second-order valence-electron chi connectivity index (χ2n) is 6.19. The van der Waals surface area contributed by atoms with Crippen molar-refractivity contribution in [3.8, 4) is 11.4 Å². The SMILES string of the molecule is CCCCc1c(OCCCO)c2cccnc2n(-c2ccccc2)c1=O. The minimum absolute atomic E-state index is 0.0571. The van der Waals surface area contributed by atoms with Gasteiger partial charge in [-0.05, 0) is 37.1 Å². The van der Waals surface area contributed by atoms with Gasteiger partial charge in [-0.1, -0.05) is 31.5 Å². The van der Waals surface area contributed by atoms with Gasteiger partial charge in [-0.15, -0.1) is 0 Å². The molecule has 0 saturated heterocycles. The van der Waals surface area contributed by atoms with Gasteiger partial charge in [-0.2, -0.15) is 0 Å². The molecule has 0 unspecified atom stereocenters. The fourth-order valence-electron chi connectivity index (χ4n) is 3.04. The van der Waals surface area contributed by atoms with Crippen LogP contribution in [-0.4, -0.2) is 27.9 Å². The third kappa shape index (κ3) is 3.63. The van der Waals surface area contributed by atoms with E-state index in [1.165, 1.54) is 0 Å². The molecule has 0 aliphatic heterocycles. The van der Waals surface area contributed by atoms with Gasteiger partial charge in [0.2, 0.25) is 0 Å². The molecule has 136 valence electrons. The number of nitrogens with zero attached hydrogens (tertiary/aromatic N) is 2. The zero-order chi connectivity index (χ0) is 18.4. The van der Waals surface area contributed by atoms with Crippen LogP contribution < -0.4 is 10.3 Å². The standard InChI is InChI=1S/C21H24N2O3/c1-2-3-11-18-19(26-15-8-14-24)17-12-7-13-22-20(17)23(21(18)25)16-9-5-4-6-10-16/h4-7,9-10,12-13,24H,2-3,8,11,14-15H2,1H3. The number of para-hydroxylation sites is 1. The predicted molar refractivity (Wildman–Crippen MR) is 103 cm³/mol. The van der Waals surface area contributed by atoms with E-state index < -0.39 is 0 Å². The molecule has 0 amide bonds. The number of fused-ring (bicyclic) bond motifs is 1. The summed E-state index contributed by atoms with van der Waals surface area (Å²) in [6, 6.07) is 13.3. The van der Waals surface area contributed by atoms with Crippen molar-refractivity contribution in [2.45, 2.75) is 32.6 Å². The van der Waals surface area contributed by atoms with E-state index >= 15 is 0 Å². The van der Waals surface area contributed by atoms with Crippen LogP contribution in [-0.2, 0) is 6.42 Å². The summed E-state index contributed by atoms with van der Waals surface area (Å²) < 4.78 is 7.61. The lowest BCUT2D eigenvalue weighted by Gasteiger charge is -2.17. The Morgan fingerprint density at radius 2 is 1.92 bits per heavy atom. The lowest BCUT2D eigenvalue weighted by molar-refractivity contribution is 0.233. The summed E-state index contributed by atoms with van der Waals surface area (Å²) in [6.07, 6.45) is 4.76. The molecule has 0 aliphatic rings. The molecular weight excluding hydrogens is 328 g/mol. The smallest absolute Gasteiger partial charge is 0.263 e. The predicted octanol–water partition coefficient (Wildman–Crippen LogP) is 3.49. The highest BCUT2D eigenvalue weighted by molar-refractivity contribution is 5.85. The van der Waals surface area contributed by atoms with Gasteiger partial charge in [0, 0.05) is 19.2 Å². The summed E-state index contributed by atoms with van der Waals surface area (Å²) in [6.45, 7) is 2.53. The minimum atomic E-state index is -0.0881. The zero-order valence-corrected chi connectivity index (χ0v) is 15.0. The fraction of sp³-hybridized carbons (Fsp3) is 0.333. The van der Waals surface area contributed by atoms with Crippen LogP contribution in [0.2, 0.25) is 0 Å². The number of aromatic nitrogens is 2. The molecule has 0 spiro atoms. The second kappa shape index (κ2) is 8.63. The van der Waals surface area contributed by atoms with E-state index in [1.54, 1.807) is 10.8 Å². The van der Waals surface area contributed by atoms with Crippen LogP contribution in [0.3, 0.4) is 0 Å². The average Bonchev–Trinajstić information content (AvgIpc) is 2.68. The Hall–Kier alpha value is -2.66. The normalized spacial score (nSPS) is 11.0. The van der Waals surface area contributed by atoms with Crippen molar-refractivity contribution < 1.29 is 9.84 Å². The van der Waals surface area contributed by atoms with Gasteiger partial charge in [-0.25, -0.2) is 4.98 Å². The van der Waals surface area contributed by atoms with Crippen molar-refractivity contribution >= 4 is 11.0 Å². The number of pyridine rings is 2. The van der Waals surface area contributed by atoms with E-state index in [0.717, 1.165) is 23.9 Å². The van der Waals surface area contributed by atoms with Gasteiger partial charge in [0.15, 0.2) is 5.65 Å². The summed E-state index contributed by atoms with van der Waals surface area (Å²) in [5.41, 5.74) is 1.97. The number of ether oxygens (including phenoxy) is 1. The van der Waals surface area contributed by atoms with Crippen molar-refractivity contribution in [1.82, 2.24) is 9.55 Å². The Morgan fingerprint density at radius 3 is 2.65 bits per heavy atom. The summed E-state index contributed by atoms with van der Waals surface area (Å²) in [4.78, 5) is 17.8. The molecular formula is C21H24N2O3. The van der Waals surface area contributed by atoms with E-state index in [-0.39, 0.29) is 12.2 Å². The van der Waals surface area contributed by atoms with Crippen LogP contribution in [0.15, 0.2) is 53.5 Å². The minimum Gasteiger partial charge on any atom is -0.492 e. The molecule has 3 rings (SSSR count). The van der Waals surface area contributed by atoms with E-state index in [0.29, 0.717) is 36.4 Å². The number of hydrogen-bond donors (Lipinski definition) is 1. The highest BCUT2D eigenvalue weighted by Gasteiger charge is 2.19. The first-order valence-corrected chi connectivity index (χ1v) is 9.09. The van der Waals surface area contributed by atoms with Gasteiger partial charge in [0.05, 0.1) is 23.2 Å². The maximum absolute atomic E-state index is 13.3. The molecule has 1 N–H and O–H groups in total. The monoisotopic (exact) mass is 352 g/mol. The zero-order valence-electron chi connectivity index (χ0n) is 15.0. The second-order valence-corrected chi connectivity index (χ2v) is 6.19. The molecule has 0 fully saturated rings. The number of aliphatic hydroxyl groups excluding tert-OH is 1. The quantitative estimate of drug-likeness (QED) is 0.630. The van der Waals surface area contributed by atoms with E-state index in [4.69, 9.17) is 9.84 Å². The first kappa shape index (κ1) is 18.1. The summed E-state index contributed by atoms with van der Waals surface area (Å²) >= 11 is 0. The van der Waals surface area contributed by atoms with Gasteiger partial charge >= 0.3 is 0 Å². The molecule has 2 aromatic heterocycles. The van der Waals surface area contributed by atoms with Crippen molar-refractivity contribution in [3.05, 3.63) is 64.6 Å². The molecule has 0 atom stereocenters. The van der Waals surface area contributed by atoms with Crippen LogP contribution in [0, 0.1) is 0 Å². The number of unbranched alkanes of at least 4 members (excludes halogenated alkanes) is 1. The highest BCUT2D eigenvalue weighted by Crippen LogP contribution is 2.29. The van der Waals surface area contributed by atoms with Crippen LogP contribution in [0.5, 0.6) is 5.75 Å². The molecule has 0 bridgehead atoms. The summed E-state index contributed by atoms with van der Waals surface area (Å²) in [7, 11) is 0.